The summed E-state index contributed by atoms with van der Waals surface area (Å²) in [6, 6.07) is 19.6. The van der Waals surface area contributed by atoms with Crippen molar-refractivity contribution in [3.05, 3.63) is 65.7 Å². The molecule has 0 N–H and O–H groups in total. The molecule has 0 aliphatic rings. The largest absolute Gasteiger partial charge is 0.0810 e. The van der Waals surface area contributed by atoms with Crippen LogP contribution >= 0.6 is 21.6 Å². The van der Waals surface area contributed by atoms with Crippen molar-refractivity contribution in [3.63, 3.8) is 0 Å². The number of benzene rings is 2. The molecule has 0 fully saturated rings. The first-order valence-corrected chi connectivity index (χ1v) is 9.17. The highest BCUT2D eigenvalue weighted by molar-refractivity contribution is 8.76. The Balaban J connectivity index is 1.94. The van der Waals surface area contributed by atoms with E-state index in [4.69, 9.17) is 0 Å². The molecule has 0 nitrogen and oxygen atoms in total. The van der Waals surface area contributed by atoms with Crippen LogP contribution in [0.2, 0.25) is 0 Å². The number of hydrogen-bond acceptors (Lipinski definition) is 2. The van der Waals surface area contributed by atoms with Crippen LogP contribution in [-0.4, -0.2) is 0 Å². The lowest BCUT2D eigenvalue weighted by Crippen LogP contribution is -2.10. The SMILES string of the molecule is CC(SSc1ccc(C(C)(C)C)cc1)c1ccccc1. The van der Waals surface area contributed by atoms with Crippen LogP contribution in [0.5, 0.6) is 0 Å². The van der Waals surface area contributed by atoms with E-state index in [0.29, 0.717) is 5.25 Å². The normalized spacial score (nSPS) is 13.2. The van der Waals surface area contributed by atoms with E-state index in [1.54, 1.807) is 0 Å². The fraction of sp³-hybridized carbons (Fsp3) is 0.333. The Morgan fingerprint density at radius 2 is 1.45 bits per heavy atom. The van der Waals surface area contributed by atoms with Crippen molar-refractivity contribution in [2.24, 2.45) is 0 Å². The Bertz CT molecular complexity index is 524. The second-order valence-electron chi connectivity index (χ2n) is 6.01. The van der Waals surface area contributed by atoms with Crippen LogP contribution in [0.4, 0.5) is 0 Å². The van der Waals surface area contributed by atoms with Gasteiger partial charge in [-0.15, -0.1) is 0 Å². The van der Waals surface area contributed by atoms with Crippen molar-refractivity contribution < 1.29 is 0 Å². The fourth-order valence-corrected chi connectivity index (χ4v) is 4.12. The summed E-state index contributed by atoms with van der Waals surface area (Å²) in [7, 11) is 3.77. The molecule has 2 rings (SSSR count). The van der Waals surface area contributed by atoms with Gasteiger partial charge < -0.3 is 0 Å². The summed E-state index contributed by atoms with van der Waals surface area (Å²) >= 11 is 0. The van der Waals surface area contributed by atoms with Gasteiger partial charge in [-0.3, -0.25) is 0 Å². The zero-order valence-corrected chi connectivity index (χ0v) is 14.2. The predicted octanol–water partition coefficient (Wildman–Crippen LogP) is 6.49. The second kappa shape index (κ2) is 6.73. The van der Waals surface area contributed by atoms with E-state index in [0.717, 1.165) is 0 Å². The molecule has 0 bridgehead atoms. The molecule has 0 radical (unpaired) electrons. The Hall–Kier alpha value is -0.860. The zero-order valence-electron chi connectivity index (χ0n) is 12.6. The van der Waals surface area contributed by atoms with Gasteiger partial charge in [0.25, 0.3) is 0 Å². The van der Waals surface area contributed by atoms with Crippen LogP contribution in [0.1, 0.15) is 44.1 Å². The third kappa shape index (κ3) is 4.32. The van der Waals surface area contributed by atoms with Gasteiger partial charge in [0.1, 0.15) is 0 Å². The van der Waals surface area contributed by atoms with Gasteiger partial charge >= 0.3 is 0 Å². The topological polar surface area (TPSA) is 0 Å². The van der Waals surface area contributed by atoms with Gasteiger partial charge in [-0.2, -0.15) is 0 Å². The third-order valence-electron chi connectivity index (χ3n) is 3.28. The van der Waals surface area contributed by atoms with E-state index in [1.807, 2.05) is 21.6 Å². The molecular weight excluding hydrogens is 280 g/mol. The highest BCUT2D eigenvalue weighted by atomic mass is 33.1. The molecule has 0 saturated heterocycles. The highest BCUT2D eigenvalue weighted by Crippen LogP contribution is 2.42. The molecule has 2 aromatic rings. The minimum atomic E-state index is 0.230. The predicted molar refractivity (Wildman–Crippen MR) is 93.4 cm³/mol. The third-order valence-corrected chi connectivity index (χ3v) is 6.13. The summed E-state index contributed by atoms with van der Waals surface area (Å²) in [5.74, 6) is 0. The monoisotopic (exact) mass is 302 g/mol. The molecule has 0 spiro atoms. The van der Waals surface area contributed by atoms with Gasteiger partial charge in [0.15, 0.2) is 0 Å². The van der Waals surface area contributed by atoms with Crippen molar-refractivity contribution in [1.29, 1.82) is 0 Å². The van der Waals surface area contributed by atoms with Crippen LogP contribution in [-0.2, 0) is 5.41 Å². The average Bonchev–Trinajstić information content (AvgIpc) is 2.45. The van der Waals surface area contributed by atoms with Gasteiger partial charge in [-0.05, 0) is 35.6 Å². The second-order valence-corrected chi connectivity index (χ2v) is 8.62. The van der Waals surface area contributed by atoms with E-state index in [2.05, 4.69) is 82.3 Å². The molecule has 2 aromatic carbocycles. The maximum Gasteiger partial charge on any atom is 0.0376 e. The van der Waals surface area contributed by atoms with Crippen molar-refractivity contribution in [1.82, 2.24) is 0 Å². The summed E-state index contributed by atoms with van der Waals surface area (Å²) < 4.78 is 0. The molecule has 106 valence electrons. The van der Waals surface area contributed by atoms with Crippen LogP contribution in [0, 0.1) is 0 Å². The van der Waals surface area contributed by atoms with Gasteiger partial charge in [0.05, 0.1) is 0 Å². The van der Waals surface area contributed by atoms with Crippen molar-refractivity contribution in [3.8, 4) is 0 Å². The van der Waals surface area contributed by atoms with Crippen molar-refractivity contribution >= 4 is 21.6 Å². The lowest BCUT2D eigenvalue weighted by Gasteiger charge is -2.19. The first-order valence-electron chi connectivity index (χ1n) is 6.95. The standard InChI is InChI=1S/C18H22S2/c1-14(15-8-6-5-7-9-15)19-20-17-12-10-16(11-13-17)18(2,3)4/h5-14H,1-4H3. The molecule has 0 amide bonds. The highest BCUT2D eigenvalue weighted by Gasteiger charge is 2.13. The Kier molecular flexibility index (Phi) is 5.22. The van der Waals surface area contributed by atoms with Crippen LogP contribution in [0.25, 0.3) is 0 Å². The molecule has 20 heavy (non-hydrogen) atoms. The van der Waals surface area contributed by atoms with Crippen LogP contribution < -0.4 is 0 Å². The zero-order chi connectivity index (χ0) is 14.6. The molecule has 0 heterocycles. The van der Waals surface area contributed by atoms with Gasteiger partial charge in [0.2, 0.25) is 0 Å². The van der Waals surface area contributed by atoms with E-state index < -0.39 is 0 Å². The summed E-state index contributed by atoms with van der Waals surface area (Å²) in [4.78, 5) is 1.32. The van der Waals surface area contributed by atoms with E-state index in [-0.39, 0.29) is 5.41 Å². The first kappa shape index (κ1) is 15.5. The maximum absolute atomic E-state index is 2.26. The quantitative estimate of drug-likeness (QED) is 0.592. The van der Waals surface area contributed by atoms with Crippen LogP contribution in [0.15, 0.2) is 59.5 Å². The van der Waals surface area contributed by atoms with Gasteiger partial charge in [-0.1, -0.05) is 84.8 Å². The molecular formula is C18H22S2. The molecule has 0 aliphatic carbocycles. The van der Waals surface area contributed by atoms with E-state index in [1.165, 1.54) is 16.0 Å². The van der Waals surface area contributed by atoms with Crippen molar-refractivity contribution in [2.75, 3.05) is 0 Å². The van der Waals surface area contributed by atoms with E-state index >= 15 is 0 Å². The minimum Gasteiger partial charge on any atom is -0.0810 e. The van der Waals surface area contributed by atoms with Crippen molar-refractivity contribution in [2.45, 2.75) is 43.3 Å². The lowest BCUT2D eigenvalue weighted by atomic mass is 9.87. The molecule has 0 saturated carbocycles. The van der Waals surface area contributed by atoms with Gasteiger partial charge in [0, 0.05) is 10.1 Å². The molecule has 0 aliphatic heterocycles. The van der Waals surface area contributed by atoms with E-state index in [9.17, 15) is 0 Å². The minimum absolute atomic E-state index is 0.230. The Morgan fingerprint density at radius 3 is 2.00 bits per heavy atom. The number of rotatable bonds is 4. The summed E-state index contributed by atoms with van der Waals surface area (Å²) in [5, 5.41) is 0.503. The Morgan fingerprint density at radius 1 is 0.850 bits per heavy atom. The molecule has 1 atom stereocenters. The summed E-state index contributed by atoms with van der Waals surface area (Å²) in [6.45, 7) is 9.01. The molecule has 1 unspecified atom stereocenters. The molecule has 2 heteroatoms. The smallest absolute Gasteiger partial charge is 0.0376 e. The summed E-state index contributed by atoms with van der Waals surface area (Å²) in [5.41, 5.74) is 3.01. The summed E-state index contributed by atoms with van der Waals surface area (Å²) in [6.07, 6.45) is 0. The van der Waals surface area contributed by atoms with Crippen LogP contribution in [0.3, 0.4) is 0 Å². The maximum atomic E-state index is 2.26. The first-order chi connectivity index (χ1) is 9.47. The number of hydrogen-bond donors (Lipinski definition) is 0. The average molecular weight is 303 g/mol. The Labute approximate surface area is 130 Å². The lowest BCUT2D eigenvalue weighted by molar-refractivity contribution is 0.590. The van der Waals surface area contributed by atoms with Gasteiger partial charge in [-0.25, -0.2) is 0 Å². The fourth-order valence-electron chi connectivity index (χ4n) is 1.92. The molecule has 0 aromatic heterocycles.